The highest BCUT2D eigenvalue weighted by atomic mass is 19.3. The van der Waals surface area contributed by atoms with Crippen LogP contribution in [0, 0.1) is 0 Å². The van der Waals surface area contributed by atoms with Crippen LogP contribution in [0.2, 0.25) is 0 Å². The Morgan fingerprint density at radius 1 is 1.06 bits per heavy atom. The number of fused-ring (bicyclic) bond motifs is 3. The van der Waals surface area contributed by atoms with Crippen molar-refractivity contribution in [3.63, 3.8) is 0 Å². The van der Waals surface area contributed by atoms with Crippen molar-refractivity contribution in [2.24, 2.45) is 0 Å². The van der Waals surface area contributed by atoms with Gasteiger partial charge in [0, 0.05) is 5.92 Å². The second kappa shape index (κ2) is 9.11. The molecule has 9 heteroatoms. The first kappa shape index (κ1) is 22.2. The topological polar surface area (TPSA) is 105 Å². The van der Waals surface area contributed by atoms with E-state index in [0.29, 0.717) is 0 Å². The molecule has 7 nitrogen and oxygen atoms in total. The van der Waals surface area contributed by atoms with Gasteiger partial charge in [-0.3, -0.25) is 4.79 Å². The Hall–Kier alpha value is -3.49. The average molecular weight is 432 g/mol. The number of amides is 2. The zero-order valence-corrected chi connectivity index (χ0v) is 16.7. The SMILES string of the molecule is CC[C@@H](NC(=O)C(F)(F)CNC(=O)OCC1c2ccccc2-c2ccccc21)C(=O)O. The Morgan fingerprint density at radius 2 is 1.61 bits per heavy atom. The number of rotatable bonds is 8. The summed E-state index contributed by atoms with van der Waals surface area (Å²) in [5.41, 5.74) is 4.00. The number of alkyl halides is 2. The molecule has 3 rings (SSSR count). The van der Waals surface area contributed by atoms with Crippen LogP contribution in [0.15, 0.2) is 48.5 Å². The molecule has 2 aromatic carbocycles. The number of halogens is 2. The first-order valence-corrected chi connectivity index (χ1v) is 9.75. The van der Waals surface area contributed by atoms with Crippen molar-refractivity contribution in [2.75, 3.05) is 13.2 Å². The predicted molar refractivity (Wildman–Crippen MR) is 108 cm³/mol. The molecule has 1 aliphatic rings. The molecule has 2 aromatic rings. The van der Waals surface area contributed by atoms with Crippen LogP contribution in [0.3, 0.4) is 0 Å². The van der Waals surface area contributed by atoms with E-state index >= 15 is 0 Å². The molecule has 164 valence electrons. The maximum atomic E-state index is 14.0. The third-order valence-corrected chi connectivity index (χ3v) is 5.14. The predicted octanol–water partition coefficient (Wildman–Crippen LogP) is 3.14. The van der Waals surface area contributed by atoms with Gasteiger partial charge in [-0.15, -0.1) is 0 Å². The van der Waals surface area contributed by atoms with Crippen LogP contribution in [0.4, 0.5) is 13.6 Å². The van der Waals surface area contributed by atoms with Gasteiger partial charge >= 0.3 is 18.0 Å². The number of aliphatic carboxylic acids is 1. The lowest BCUT2D eigenvalue weighted by atomic mass is 9.98. The Balaban J connectivity index is 1.57. The van der Waals surface area contributed by atoms with Gasteiger partial charge < -0.3 is 20.5 Å². The van der Waals surface area contributed by atoms with Crippen molar-refractivity contribution in [1.82, 2.24) is 10.6 Å². The molecule has 0 saturated heterocycles. The third-order valence-electron chi connectivity index (χ3n) is 5.14. The summed E-state index contributed by atoms with van der Waals surface area (Å²) >= 11 is 0. The van der Waals surface area contributed by atoms with E-state index in [4.69, 9.17) is 9.84 Å². The lowest BCUT2D eigenvalue weighted by molar-refractivity contribution is -0.150. The monoisotopic (exact) mass is 432 g/mol. The standard InChI is InChI=1S/C22H22F2N2O5/c1-2-18(19(27)28)26-20(29)22(23,24)12-25-21(30)31-11-17-15-9-5-3-7-13(15)14-8-4-6-10-16(14)17/h3-10,17-18H,2,11-12H2,1H3,(H,25,30)(H,26,29)(H,27,28)/t18-/m1/s1. The fraction of sp³-hybridized carbons (Fsp3) is 0.318. The Bertz CT molecular complexity index is 950. The normalized spacial score (nSPS) is 13.6. The summed E-state index contributed by atoms with van der Waals surface area (Å²) in [6.07, 6.45) is -1.16. The van der Waals surface area contributed by atoms with E-state index in [-0.39, 0.29) is 18.9 Å². The van der Waals surface area contributed by atoms with Crippen molar-refractivity contribution < 1.29 is 33.0 Å². The van der Waals surface area contributed by atoms with Gasteiger partial charge in [0.1, 0.15) is 12.6 Å². The number of hydrogen-bond donors (Lipinski definition) is 3. The van der Waals surface area contributed by atoms with Gasteiger partial charge in [0.2, 0.25) is 0 Å². The molecule has 1 atom stereocenters. The molecular weight excluding hydrogens is 410 g/mol. The number of alkyl carbamates (subject to hydrolysis) is 1. The number of benzene rings is 2. The van der Waals surface area contributed by atoms with Crippen molar-refractivity contribution >= 4 is 18.0 Å². The van der Waals surface area contributed by atoms with E-state index < -0.39 is 36.5 Å². The minimum absolute atomic E-state index is 0.0586. The molecular formula is C22H22F2N2O5. The van der Waals surface area contributed by atoms with Crippen molar-refractivity contribution in [1.29, 1.82) is 0 Å². The lowest BCUT2D eigenvalue weighted by Crippen LogP contribution is -2.52. The zero-order valence-electron chi connectivity index (χ0n) is 16.7. The molecule has 0 radical (unpaired) electrons. The molecule has 31 heavy (non-hydrogen) atoms. The van der Waals surface area contributed by atoms with Crippen LogP contribution in [0.25, 0.3) is 11.1 Å². The second-order valence-corrected chi connectivity index (χ2v) is 7.16. The molecule has 1 aliphatic carbocycles. The summed E-state index contributed by atoms with van der Waals surface area (Å²) in [6.45, 7) is 0.0618. The van der Waals surface area contributed by atoms with Crippen LogP contribution >= 0.6 is 0 Å². The van der Waals surface area contributed by atoms with Gasteiger partial charge in [0.15, 0.2) is 0 Å². The molecule has 0 bridgehead atoms. The van der Waals surface area contributed by atoms with Crippen molar-refractivity contribution in [2.45, 2.75) is 31.2 Å². The highest BCUT2D eigenvalue weighted by Gasteiger charge is 2.41. The summed E-state index contributed by atoms with van der Waals surface area (Å²) in [5, 5.41) is 12.5. The first-order valence-electron chi connectivity index (χ1n) is 9.75. The Kier molecular flexibility index (Phi) is 6.53. The lowest BCUT2D eigenvalue weighted by Gasteiger charge is -2.20. The molecule has 0 saturated carbocycles. The van der Waals surface area contributed by atoms with Crippen molar-refractivity contribution in [3.8, 4) is 11.1 Å². The highest BCUT2D eigenvalue weighted by Crippen LogP contribution is 2.44. The molecule has 3 N–H and O–H groups in total. The average Bonchev–Trinajstić information content (AvgIpc) is 3.08. The summed E-state index contributed by atoms with van der Waals surface area (Å²) in [6, 6.07) is 13.9. The minimum atomic E-state index is -3.99. The van der Waals surface area contributed by atoms with Crippen LogP contribution in [-0.2, 0) is 14.3 Å². The summed E-state index contributed by atoms with van der Waals surface area (Å²) in [4.78, 5) is 34.6. The number of carbonyl (C=O) groups excluding carboxylic acids is 2. The van der Waals surface area contributed by atoms with E-state index in [1.807, 2.05) is 53.8 Å². The highest BCUT2D eigenvalue weighted by molar-refractivity contribution is 5.88. The largest absolute Gasteiger partial charge is 0.480 e. The van der Waals surface area contributed by atoms with Gasteiger partial charge in [-0.2, -0.15) is 8.78 Å². The molecule has 0 aromatic heterocycles. The number of nitrogens with one attached hydrogen (secondary N) is 2. The van der Waals surface area contributed by atoms with Gasteiger partial charge in [0.05, 0.1) is 6.54 Å². The third kappa shape index (κ3) is 4.82. The van der Waals surface area contributed by atoms with E-state index in [2.05, 4.69) is 0 Å². The maximum absolute atomic E-state index is 14.0. The number of hydrogen-bond acceptors (Lipinski definition) is 4. The molecule has 0 aliphatic heterocycles. The molecule has 2 amide bonds. The number of carboxylic acid groups (broad SMARTS) is 1. The minimum Gasteiger partial charge on any atom is -0.480 e. The van der Waals surface area contributed by atoms with Gasteiger partial charge in [0.25, 0.3) is 5.91 Å². The van der Waals surface area contributed by atoms with Gasteiger partial charge in [-0.25, -0.2) is 9.59 Å². The smallest absolute Gasteiger partial charge is 0.407 e. The molecule has 0 heterocycles. The van der Waals surface area contributed by atoms with Crippen LogP contribution in [0.5, 0.6) is 0 Å². The van der Waals surface area contributed by atoms with Crippen LogP contribution < -0.4 is 10.6 Å². The van der Waals surface area contributed by atoms with Crippen LogP contribution in [-0.4, -0.2) is 48.2 Å². The maximum Gasteiger partial charge on any atom is 0.407 e. The number of ether oxygens (including phenoxy) is 1. The molecule has 0 spiro atoms. The summed E-state index contributed by atoms with van der Waals surface area (Å²) < 4.78 is 33.1. The summed E-state index contributed by atoms with van der Waals surface area (Å²) in [7, 11) is 0. The Morgan fingerprint density at radius 3 is 2.13 bits per heavy atom. The van der Waals surface area contributed by atoms with Crippen LogP contribution in [0.1, 0.15) is 30.4 Å². The van der Waals surface area contributed by atoms with Gasteiger partial charge in [-0.05, 0) is 28.7 Å². The molecule has 0 fully saturated rings. The van der Waals surface area contributed by atoms with E-state index in [1.54, 1.807) is 5.32 Å². The first-order chi connectivity index (χ1) is 14.7. The fourth-order valence-corrected chi connectivity index (χ4v) is 3.52. The Labute approximate surface area is 177 Å². The molecule has 0 unspecified atom stereocenters. The van der Waals surface area contributed by atoms with E-state index in [9.17, 15) is 23.2 Å². The zero-order chi connectivity index (χ0) is 22.6. The van der Waals surface area contributed by atoms with Gasteiger partial charge in [-0.1, -0.05) is 55.5 Å². The van der Waals surface area contributed by atoms with E-state index in [1.165, 1.54) is 6.92 Å². The van der Waals surface area contributed by atoms with Crippen molar-refractivity contribution in [3.05, 3.63) is 59.7 Å². The number of carboxylic acids is 1. The second-order valence-electron chi connectivity index (χ2n) is 7.16. The summed E-state index contributed by atoms with van der Waals surface area (Å²) in [5.74, 6) is -7.42. The quantitative estimate of drug-likeness (QED) is 0.595. The number of carbonyl (C=O) groups is 3. The van der Waals surface area contributed by atoms with E-state index in [0.717, 1.165) is 22.3 Å². The fourth-order valence-electron chi connectivity index (χ4n) is 3.52.